The van der Waals surface area contributed by atoms with Crippen LogP contribution in [0.2, 0.25) is 5.02 Å². The molecule has 1 aromatic carbocycles. The highest BCUT2D eigenvalue weighted by Gasteiger charge is 2.10. The summed E-state index contributed by atoms with van der Waals surface area (Å²) in [5.74, 6) is 0.659. The molecule has 0 spiro atoms. The number of halogens is 1. The van der Waals surface area contributed by atoms with Crippen molar-refractivity contribution in [2.75, 3.05) is 6.61 Å². The number of rotatable bonds is 4. The van der Waals surface area contributed by atoms with Crippen LogP contribution in [0.15, 0.2) is 18.2 Å². The van der Waals surface area contributed by atoms with E-state index in [9.17, 15) is 0 Å². The summed E-state index contributed by atoms with van der Waals surface area (Å²) in [6.45, 7) is 2.67. The first-order valence-electron chi connectivity index (χ1n) is 4.38. The molecule has 0 unspecified atom stereocenters. The van der Waals surface area contributed by atoms with Gasteiger partial charge in [0.2, 0.25) is 0 Å². The first-order chi connectivity index (χ1) is 6.66. The van der Waals surface area contributed by atoms with Crippen molar-refractivity contribution in [3.05, 3.63) is 28.8 Å². The Kier molecular flexibility index (Phi) is 4.17. The minimum atomic E-state index is 0.265. The van der Waals surface area contributed by atoms with Crippen LogP contribution in [-0.4, -0.2) is 11.6 Å². The second kappa shape index (κ2) is 5.17. The molecule has 2 nitrogen and oxygen atoms in total. The number of thiocarbonyl (C=S) groups is 1. The lowest BCUT2D eigenvalue weighted by Gasteiger charge is -2.10. The van der Waals surface area contributed by atoms with Crippen LogP contribution in [0.4, 0.5) is 0 Å². The molecule has 1 rings (SSSR count). The second-order valence-corrected chi connectivity index (χ2v) is 3.67. The lowest BCUT2D eigenvalue weighted by atomic mass is 10.2. The maximum Gasteiger partial charge on any atom is 0.130 e. The van der Waals surface area contributed by atoms with Gasteiger partial charge in [0.25, 0.3) is 0 Å². The molecule has 4 heteroatoms. The number of benzene rings is 1. The van der Waals surface area contributed by atoms with Gasteiger partial charge in [0, 0.05) is 0 Å². The normalized spacial score (nSPS) is 9.86. The van der Waals surface area contributed by atoms with Gasteiger partial charge < -0.3 is 10.5 Å². The molecule has 2 N–H and O–H groups in total. The van der Waals surface area contributed by atoms with Crippen LogP contribution >= 0.6 is 23.8 Å². The maximum absolute atomic E-state index is 5.96. The number of hydrogen-bond acceptors (Lipinski definition) is 2. The zero-order chi connectivity index (χ0) is 10.6. The molecule has 0 aliphatic heterocycles. The van der Waals surface area contributed by atoms with Gasteiger partial charge in [-0.1, -0.05) is 36.8 Å². The van der Waals surface area contributed by atoms with E-state index in [1.807, 2.05) is 19.1 Å². The Labute approximate surface area is 94.0 Å². The molecule has 1 aromatic rings. The fourth-order valence-corrected chi connectivity index (χ4v) is 1.61. The van der Waals surface area contributed by atoms with Crippen LogP contribution < -0.4 is 10.5 Å². The van der Waals surface area contributed by atoms with Crippen LogP contribution in [0.5, 0.6) is 5.75 Å². The average Bonchev–Trinajstić information content (AvgIpc) is 2.14. The molecule has 0 heterocycles. The Morgan fingerprint density at radius 3 is 2.86 bits per heavy atom. The first-order valence-corrected chi connectivity index (χ1v) is 5.16. The predicted molar refractivity (Wildman–Crippen MR) is 63.1 cm³/mol. The van der Waals surface area contributed by atoms with Gasteiger partial charge in [0.1, 0.15) is 10.7 Å². The van der Waals surface area contributed by atoms with E-state index < -0.39 is 0 Å². The molecule has 0 saturated carbocycles. The molecule has 0 saturated heterocycles. The van der Waals surface area contributed by atoms with Crippen LogP contribution in [0.3, 0.4) is 0 Å². The van der Waals surface area contributed by atoms with Gasteiger partial charge >= 0.3 is 0 Å². The Bertz CT molecular complexity index is 341. The molecule has 0 fully saturated rings. The Hall–Kier alpha value is -0.800. The van der Waals surface area contributed by atoms with Crippen molar-refractivity contribution in [3.63, 3.8) is 0 Å². The summed E-state index contributed by atoms with van der Waals surface area (Å²) in [4.78, 5) is 0.265. The minimum absolute atomic E-state index is 0.265. The van der Waals surface area contributed by atoms with Crippen molar-refractivity contribution in [1.82, 2.24) is 0 Å². The molecule has 0 radical (unpaired) electrons. The van der Waals surface area contributed by atoms with Gasteiger partial charge in [-0.05, 0) is 18.6 Å². The van der Waals surface area contributed by atoms with Gasteiger partial charge in [-0.2, -0.15) is 0 Å². The largest absolute Gasteiger partial charge is 0.493 e. The van der Waals surface area contributed by atoms with Crippen LogP contribution in [0.1, 0.15) is 18.9 Å². The zero-order valence-corrected chi connectivity index (χ0v) is 9.49. The van der Waals surface area contributed by atoms with Crippen molar-refractivity contribution in [1.29, 1.82) is 0 Å². The van der Waals surface area contributed by atoms with E-state index in [1.165, 1.54) is 0 Å². The monoisotopic (exact) mass is 229 g/mol. The van der Waals surface area contributed by atoms with Gasteiger partial charge in [-0.25, -0.2) is 0 Å². The zero-order valence-electron chi connectivity index (χ0n) is 7.92. The quantitative estimate of drug-likeness (QED) is 0.807. The Balaban J connectivity index is 3.02. The lowest BCUT2D eigenvalue weighted by molar-refractivity contribution is 0.317. The summed E-state index contributed by atoms with van der Waals surface area (Å²) in [6, 6.07) is 5.37. The standard InChI is InChI=1S/C10H12ClNOS/c1-2-6-13-8-5-3-4-7(11)9(8)10(12)14/h3-5H,2,6H2,1H3,(H2,12,14). The van der Waals surface area contributed by atoms with Crippen molar-refractivity contribution in [3.8, 4) is 5.75 Å². The molecule has 76 valence electrons. The molecule has 0 bridgehead atoms. The number of hydrogen-bond donors (Lipinski definition) is 1. The van der Waals surface area contributed by atoms with Crippen molar-refractivity contribution >= 4 is 28.8 Å². The third kappa shape index (κ3) is 2.59. The smallest absolute Gasteiger partial charge is 0.130 e. The van der Waals surface area contributed by atoms with E-state index in [0.29, 0.717) is 22.9 Å². The number of ether oxygens (including phenoxy) is 1. The first kappa shape index (κ1) is 11.3. The third-order valence-corrected chi connectivity index (χ3v) is 2.20. The average molecular weight is 230 g/mol. The van der Waals surface area contributed by atoms with Gasteiger partial charge in [-0.3, -0.25) is 0 Å². The fraction of sp³-hybridized carbons (Fsp3) is 0.300. The van der Waals surface area contributed by atoms with Crippen LogP contribution in [0, 0.1) is 0 Å². The molecular formula is C10H12ClNOS. The number of nitrogens with two attached hydrogens (primary N) is 1. The topological polar surface area (TPSA) is 35.2 Å². The van der Waals surface area contributed by atoms with Crippen molar-refractivity contribution < 1.29 is 4.74 Å². The Morgan fingerprint density at radius 2 is 2.29 bits per heavy atom. The van der Waals surface area contributed by atoms with Crippen molar-refractivity contribution in [2.45, 2.75) is 13.3 Å². The van der Waals surface area contributed by atoms with E-state index in [1.54, 1.807) is 6.07 Å². The summed E-state index contributed by atoms with van der Waals surface area (Å²) < 4.78 is 5.48. The maximum atomic E-state index is 5.96. The van der Waals surface area contributed by atoms with Gasteiger partial charge in [0.15, 0.2) is 0 Å². The highest BCUT2D eigenvalue weighted by molar-refractivity contribution is 7.80. The molecule has 0 aliphatic rings. The minimum Gasteiger partial charge on any atom is -0.493 e. The molecule has 0 aliphatic carbocycles. The van der Waals surface area contributed by atoms with E-state index in [0.717, 1.165) is 6.42 Å². The molecule has 0 atom stereocenters. The van der Waals surface area contributed by atoms with E-state index in [2.05, 4.69) is 0 Å². The van der Waals surface area contributed by atoms with E-state index in [-0.39, 0.29) is 4.99 Å². The van der Waals surface area contributed by atoms with E-state index in [4.69, 9.17) is 34.3 Å². The fourth-order valence-electron chi connectivity index (χ4n) is 1.08. The highest BCUT2D eigenvalue weighted by atomic mass is 35.5. The summed E-state index contributed by atoms with van der Waals surface area (Å²) in [6.07, 6.45) is 0.934. The second-order valence-electron chi connectivity index (χ2n) is 2.83. The third-order valence-electron chi connectivity index (χ3n) is 1.68. The predicted octanol–water partition coefficient (Wildman–Crippen LogP) is 2.76. The summed E-state index contributed by atoms with van der Waals surface area (Å²) in [5.41, 5.74) is 6.18. The van der Waals surface area contributed by atoms with Gasteiger partial charge in [0.05, 0.1) is 17.2 Å². The van der Waals surface area contributed by atoms with Gasteiger partial charge in [-0.15, -0.1) is 0 Å². The molecule has 14 heavy (non-hydrogen) atoms. The lowest BCUT2D eigenvalue weighted by Crippen LogP contribution is -2.12. The van der Waals surface area contributed by atoms with E-state index >= 15 is 0 Å². The molecule has 0 aromatic heterocycles. The molecular weight excluding hydrogens is 218 g/mol. The summed E-state index contributed by atoms with van der Waals surface area (Å²) >= 11 is 10.9. The Morgan fingerprint density at radius 1 is 1.57 bits per heavy atom. The molecule has 0 amide bonds. The SMILES string of the molecule is CCCOc1cccc(Cl)c1C(N)=S. The highest BCUT2D eigenvalue weighted by Crippen LogP contribution is 2.26. The van der Waals surface area contributed by atoms with Crippen molar-refractivity contribution in [2.24, 2.45) is 5.73 Å². The summed E-state index contributed by atoms with van der Waals surface area (Å²) in [7, 11) is 0. The van der Waals surface area contributed by atoms with Crippen LogP contribution in [0.25, 0.3) is 0 Å². The summed E-state index contributed by atoms with van der Waals surface area (Å²) in [5, 5.41) is 0.533. The van der Waals surface area contributed by atoms with Crippen LogP contribution in [-0.2, 0) is 0 Å².